The first-order valence-electron chi connectivity index (χ1n) is 8.43. The van der Waals surface area contributed by atoms with Gasteiger partial charge in [-0.3, -0.25) is 4.98 Å². The second kappa shape index (κ2) is 8.01. The maximum atomic E-state index is 12.8. The summed E-state index contributed by atoms with van der Waals surface area (Å²) >= 11 is 0. The summed E-state index contributed by atoms with van der Waals surface area (Å²) in [5.41, 5.74) is 0.428. The van der Waals surface area contributed by atoms with Gasteiger partial charge in [-0.15, -0.1) is 0 Å². The molecule has 2 heterocycles. The highest BCUT2D eigenvalue weighted by Gasteiger charge is 2.30. The molecule has 7 heteroatoms. The molecule has 0 atom stereocenters. The zero-order valence-corrected chi connectivity index (χ0v) is 13.8. The Morgan fingerprint density at radius 3 is 2.76 bits per heavy atom. The van der Waals surface area contributed by atoms with E-state index in [0.29, 0.717) is 24.1 Å². The zero-order chi connectivity index (χ0) is 17.7. The molecule has 25 heavy (non-hydrogen) atoms. The number of anilines is 1. The molecule has 1 aromatic heterocycles. The molecule has 1 aliphatic rings. The molecule has 1 N–H and O–H groups in total. The molecule has 1 saturated heterocycles. The van der Waals surface area contributed by atoms with Gasteiger partial charge in [0.05, 0.1) is 17.2 Å². The van der Waals surface area contributed by atoms with E-state index in [1.165, 1.54) is 12.3 Å². The van der Waals surface area contributed by atoms with Crippen LogP contribution in [-0.4, -0.2) is 37.5 Å². The number of hydrogen-bond acceptors (Lipinski definition) is 4. The summed E-state index contributed by atoms with van der Waals surface area (Å²) in [6.45, 7) is 2.85. The number of rotatable bonds is 6. The number of nitrogens with zero attached hydrogens (tertiary/aromatic N) is 1. The number of aromatic nitrogens is 1. The Bertz CT molecular complexity index is 700. The van der Waals surface area contributed by atoms with Crippen molar-refractivity contribution in [3.8, 4) is 0 Å². The van der Waals surface area contributed by atoms with Gasteiger partial charge in [-0.25, -0.2) is 0 Å². The number of benzene rings is 1. The van der Waals surface area contributed by atoms with E-state index in [4.69, 9.17) is 9.47 Å². The van der Waals surface area contributed by atoms with Gasteiger partial charge < -0.3 is 14.8 Å². The highest BCUT2D eigenvalue weighted by Crippen LogP contribution is 2.32. The van der Waals surface area contributed by atoms with E-state index < -0.39 is 11.7 Å². The van der Waals surface area contributed by atoms with E-state index in [1.54, 1.807) is 6.07 Å². The summed E-state index contributed by atoms with van der Waals surface area (Å²) in [4.78, 5) is 4.05. The second-order valence-corrected chi connectivity index (χ2v) is 6.05. The van der Waals surface area contributed by atoms with Crippen LogP contribution >= 0.6 is 0 Å². The molecular weight excluding hydrogens is 333 g/mol. The lowest BCUT2D eigenvalue weighted by atomic mass is 10.1. The SMILES string of the molecule is FC(F)(F)c1ccc2c(NCCCOC3CCOCC3)ccnc2c1. The van der Waals surface area contributed by atoms with Crippen LogP contribution in [0.15, 0.2) is 30.5 Å². The quantitative estimate of drug-likeness (QED) is 0.788. The molecule has 136 valence electrons. The Morgan fingerprint density at radius 1 is 1.20 bits per heavy atom. The maximum Gasteiger partial charge on any atom is 0.416 e. The van der Waals surface area contributed by atoms with E-state index in [9.17, 15) is 13.2 Å². The predicted molar refractivity (Wildman–Crippen MR) is 89.6 cm³/mol. The molecule has 0 spiro atoms. The highest BCUT2D eigenvalue weighted by atomic mass is 19.4. The summed E-state index contributed by atoms with van der Waals surface area (Å²) < 4.78 is 49.5. The largest absolute Gasteiger partial charge is 0.416 e. The number of ether oxygens (including phenoxy) is 2. The average molecular weight is 354 g/mol. The van der Waals surface area contributed by atoms with Gasteiger partial charge in [0.25, 0.3) is 0 Å². The van der Waals surface area contributed by atoms with Crippen molar-refractivity contribution in [3.63, 3.8) is 0 Å². The third-order valence-electron chi connectivity index (χ3n) is 4.23. The molecule has 0 aliphatic carbocycles. The molecule has 0 amide bonds. The number of hydrogen-bond donors (Lipinski definition) is 1. The lowest BCUT2D eigenvalue weighted by Crippen LogP contribution is -2.24. The molecule has 1 aliphatic heterocycles. The van der Waals surface area contributed by atoms with Gasteiger partial charge in [0.2, 0.25) is 0 Å². The highest BCUT2D eigenvalue weighted by molar-refractivity contribution is 5.91. The van der Waals surface area contributed by atoms with Crippen molar-refractivity contribution in [2.24, 2.45) is 0 Å². The van der Waals surface area contributed by atoms with E-state index in [1.807, 2.05) is 0 Å². The molecular formula is C18H21F3N2O2. The molecule has 1 fully saturated rings. The minimum atomic E-state index is -4.36. The van der Waals surface area contributed by atoms with Gasteiger partial charge in [0.1, 0.15) is 0 Å². The Hall–Kier alpha value is -1.86. The first-order valence-corrected chi connectivity index (χ1v) is 8.43. The average Bonchev–Trinajstić information content (AvgIpc) is 2.61. The number of nitrogens with one attached hydrogen (secondary N) is 1. The summed E-state index contributed by atoms with van der Waals surface area (Å²) in [6.07, 6.45) is 0.121. The summed E-state index contributed by atoms with van der Waals surface area (Å²) in [5, 5.41) is 3.94. The van der Waals surface area contributed by atoms with Crippen molar-refractivity contribution in [2.75, 3.05) is 31.7 Å². The monoisotopic (exact) mass is 354 g/mol. The van der Waals surface area contributed by atoms with Gasteiger partial charge >= 0.3 is 6.18 Å². The lowest BCUT2D eigenvalue weighted by molar-refractivity contribution is -0.137. The minimum absolute atomic E-state index is 0.274. The van der Waals surface area contributed by atoms with Gasteiger partial charge in [0.15, 0.2) is 0 Å². The fourth-order valence-corrected chi connectivity index (χ4v) is 2.87. The molecule has 4 nitrogen and oxygen atoms in total. The first kappa shape index (κ1) is 17.9. The summed E-state index contributed by atoms with van der Waals surface area (Å²) in [5.74, 6) is 0. The van der Waals surface area contributed by atoms with E-state index in [0.717, 1.165) is 50.3 Å². The normalized spacial score (nSPS) is 16.3. The van der Waals surface area contributed by atoms with Crippen LogP contribution in [0.4, 0.5) is 18.9 Å². The van der Waals surface area contributed by atoms with Crippen molar-refractivity contribution < 1.29 is 22.6 Å². The van der Waals surface area contributed by atoms with E-state index in [-0.39, 0.29) is 6.10 Å². The number of fused-ring (bicyclic) bond motifs is 1. The van der Waals surface area contributed by atoms with Crippen LogP contribution in [0.25, 0.3) is 10.9 Å². The van der Waals surface area contributed by atoms with Crippen LogP contribution in [0, 0.1) is 0 Å². The standard InChI is InChI=1S/C18H21F3N2O2/c19-18(20,21)13-2-3-15-16(4-8-23-17(15)12-13)22-7-1-9-25-14-5-10-24-11-6-14/h2-4,8,12,14H,1,5-7,9-11H2,(H,22,23). The van der Waals surface area contributed by atoms with Crippen molar-refractivity contribution in [1.29, 1.82) is 0 Å². The topological polar surface area (TPSA) is 43.4 Å². The number of alkyl halides is 3. The van der Waals surface area contributed by atoms with E-state index in [2.05, 4.69) is 10.3 Å². The van der Waals surface area contributed by atoms with Crippen molar-refractivity contribution >= 4 is 16.6 Å². The zero-order valence-electron chi connectivity index (χ0n) is 13.8. The smallest absolute Gasteiger partial charge is 0.384 e. The van der Waals surface area contributed by atoms with Gasteiger partial charge in [-0.2, -0.15) is 13.2 Å². The Kier molecular flexibility index (Phi) is 5.75. The third kappa shape index (κ3) is 4.83. The van der Waals surface area contributed by atoms with Gasteiger partial charge in [-0.05, 0) is 37.5 Å². The Morgan fingerprint density at radius 2 is 2.00 bits per heavy atom. The van der Waals surface area contributed by atoms with Gasteiger partial charge in [0, 0.05) is 43.6 Å². The molecule has 0 bridgehead atoms. The maximum absolute atomic E-state index is 12.8. The summed E-state index contributed by atoms with van der Waals surface area (Å²) in [6, 6.07) is 5.40. The molecule has 0 unspecified atom stereocenters. The summed E-state index contributed by atoms with van der Waals surface area (Å²) in [7, 11) is 0. The van der Waals surface area contributed by atoms with Crippen molar-refractivity contribution in [3.05, 3.63) is 36.0 Å². The molecule has 1 aromatic carbocycles. The third-order valence-corrected chi connectivity index (χ3v) is 4.23. The molecule has 3 rings (SSSR count). The van der Waals surface area contributed by atoms with Crippen molar-refractivity contribution in [2.45, 2.75) is 31.5 Å². The molecule has 0 radical (unpaired) electrons. The molecule has 0 saturated carbocycles. The Balaban J connectivity index is 1.54. The first-order chi connectivity index (χ1) is 12.0. The molecule has 2 aromatic rings. The van der Waals surface area contributed by atoms with Crippen LogP contribution in [0.3, 0.4) is 0 Å². The van der Waals surface area contributed by atoms with E-state index >= 15 is 0 Å². The lowest BCUT2D eigenvalue weighted by Gasteiger charge is -2.22. The van der Waals surface area contributed by atoms with Crippen LogP contribution < -0.4 is 5.32 Å². The minimum Gasteiger partial charge on any atom is -0.384 e. The van der Waals surface area contributed by atoms with Crippen LogP contribution in [-0.2, 0) is 15.7 Å². The fraction of sp³-hybridized carbons (Fsp3) is 0.500. The van der Waals surface area contributed by atoms with Gasteiger partial charge in [-0.1, -0.05) is 6.07 Å². The second-order valence-electron chi connectivity index (χ2n) is 6.05. The number of halogens is 3. The van der Waals surface area contributed by atoms with Crippen LogP contribution in [0.1, 0.15) is 24.8 Å². The van der Waals surface area contributed by atoms with Crippen LogP contribution in [0.5, 0.6) is 0 Å². The predicted octanol–water partition coefficient (Wildman–Crippen LogP) is 4.25. The Labute approximate surface area is 144 Å². The fourth-order valence-electron chi connectivity index (χ4n) is 2.87. The number of pyridine rings is 1. The van der Waals surface area contributed by atoms with Crippen molar-refractivity contribution in [1.82, 2.24) is 4.98 Å². The van der Waals surface area contributed by atoms with Crippen LogP contribution in [0.2, 0.25) is 0 Å².